The Kier molecular flexibility index (Phi) is 4.80. The van der Waals surface area contributed by atoms with Gasteiger partial charge in [-0.05, 0) is 25.8 Å². The van der Waals surface area contributed by atoms with E-state index in [9.17, 15) is 8.42 Å². The maximum atomic E-state index is 11.3. The molecule has 1 rings (SSSR count). The first kappa shape index (κ1) is 11.9. The molecule has 1 aliphatic heterocycles. The molecule has 1 heterocycles. The molecule has 0 aliphatic carbocycles. The van der Waals surface area contributed by atoms with Gasteiger partial charge in [-0.2, -0.15) is 8.42 Å². The Morgan fingerprint density at radius 1 is 1.43 bits per heavy atom. The van der Waals surface area contributed by atoms with Crippen LogP contribution in [0.5, 0.6) is 0 Å². The van der Waals surface area contributed by atoms with Crippen molar-refractivity contribution in [1.29, 1.82) is 0 Å². The van der Waals surface area contributed by atoms with Gasteiger partial charge in [0, 0.05) is 19.1 Å². The molecule has 0 aromatic rings. The summed E-state index contributed by atoms with van der Waals surface area (Å²) in [5.74, 6) is 0. The molecule has 1 saturated heterocycles. The average molecular weight is 221 g/mol. The molecule has 0 amide bonds. The van der Waals surface area contributed by atoms with E-state index in [0.29, 0.717) is 19.1 Å². The van der Waals surface area contributed by atoms with E-state index in [0.717, 1.165) is 25.8 Å². The molecule has 1 aliphatic rings. The van der Waals surface area contributed by atoms with Gasteiger partial charge in [0.25, 0.3) is 10.2 Å². The lowest BCUT2D eigenvalue weighted by atomic mass is 10.2. The predicted octanol–water partition coefficient (Wildman–Crippen LogP) is -0.428. The summed E-state index contributed by atoms with van der Waals surface area (Å²) in [7, 11) is -3.27. The van der Waals surface area contributed by atoms with Gasteiger partial charge < -0.3 is 5.32 Å². The first-order valence-corrected chi connectivity index (χ1v) is 6.60. The Morgan fingerprint density at radius 3 is 2.79 bits per heavy atom. The Bertz CT molecular complexity index is 247. The van der Waals surface area contributed by atoms with Gasteiger partial charge in [-0.15, -0.1) is 0 Å². The number of hydrogen-bond acceptors (Lipinski definition) is 3. The van der Waals surface area contributed by atoms with Gasteiger partial charge in [-0.1, -0.05) is 6.92 Å². The van der Waals surface area contributed by atoms with E-state index < -0.39 is 10.2 Å². The van der Waals surface area contributed by atoms with Gasteiger partial charge in [0.15, 0.2) is 0 Å². The minimum atomic E-state index is -3.27. The van der Waals surface area contributed by atoms with Crippen LogP contribution in [0.25, 0.3) is 0 Å². The predicted molar refractivity (Wildman–Crippen MR) is 56.2 cm³/mol. The normalized spacial score (nSPS) is 22.8. The number of rotatable bonds is 6. The van der Waals surface area contributed by atoms with Crippen LogP contribution < -0.4 is 14.8 Å². The lowest BCUT2D eigenvalue weighted by Gasteiger charge is -2.12. The van der Waals surface area contributed by atoms with Gasteiger partial charge in [-0.3, -0.25) is 0 Å². The fraction of sp³-hybridized carbons (Fsp3) is 1.00. The summed E-state index contributed by atoms with van der Waals surface area (Å²) >= 11 is 0. The molecule has 1 atom stereocenters. The zero-order valence-electron chi connectivity index (χ0n) is 8.54. The van der Waals surface area contributed by atoms with E-state index >= 15 is 0 Å². The number of hydrogen-bond donors (Lipinski definition) is 3. The molecule has 0 spiro atoms. The van der Waals surface area contributed by atoms with Crippen molar-refractivity contribution in [3.05, 3.63) is 0 Å². The molecule has 84 valence electrons. The maximum Gasteiger partial charge on any atom is 0.276 e. The Balaban J connectivity index is 2.21. The molecular weight excluding hydrogens is 202 g/mol. The highest BCUT2D eigenvalue weighted by molar-refractivity contribution is 7.87. The van der Waals surface area contributed by atoms with Crippen LogP contribution in [0.15, 0.2) is 0 Å². The number of nitrogens with one attached hydrogen (secondary N) is 3. The molecule has 0 bridgehead atoms. The third-order valence-corrected chi connectivity index (χ3v) is 3.36. The van der Waals surface area contributed by atoms with E-state index in [4.69, 9.17) is 0 Å². The molecule has 6 heteroatoms. The van der Waals surface area contributed by atoms with Crippen molar-refractivity contribution in [3.8, 4) is 0 Å². The highest BCUT2D eigenvalue weighted by Crippen LogP contribution is 2.03. The van der Waals surface area contributed by atoms with E-state index in [1.54, 1.807) is 0 Å². The van der Waals surface area contributed by atoms with Gasteiger partial charge >= 0.3 is 0 Å². The molecule has 0 radical (unpaired) electrons. The molecule has 14 heavy (non-hydrogen) atoms. The highest BCUT2D eigenvalue weighted by atomic mass is 32.2. The van der Waals surface area contributed by atoms with E-state index in [-0.39, 0.29) is 0 Å². The standard InChI is InChI=1S/C8H19N3O2S/c1-2-5-10-14(12,13)11-7-8-4-3-6-9-8/h8-11H,2-7H2,1H3. The monoisotopic (exact) mass is 221 g/mol. The highest BCUT2D eigenvalue weighted by Gasteiger charge is 2.16. The maximum absolute atomic E-state index is 11.3. The van der Waals surface area contributed by atoms with Crippen LogP contribution in [0, 0.1) is 0 Å². The second-order valence-electron chi connectivity index (χ2n) is 3.54. The van der Waals surface area contributed by atoms with Crippen molar-refractivity contribution in [1.82, 2.24) is 14.8 Å². The van der Waals surface area contributed by atoms with Crippen molar-refractivity contribution in [2.75, 3.05) is 19.6 Å². The van der Waals surface area contributed by atoms with Crippen molar-refractivity contribution >= 4 is 10.2 Å². The van der Waals surface area contributed by atoms with E-state index in [1.807, 2.05) is 6.92 Å². The van der Waals surface area contributed by atoms with Crippen molar-refractivity contribution < 1.29 is 8.42 Å². The fourth-order valence-electron chi connectivity index (χ4n) is 1.43. The molecule has 3 N–H and O–H groups in total. The van der Waals surface area contributed by atoms with Gasteiger partial charge in [-0.25, -0.2) is 9.44 Å². The second kappa shape index (κ2) is 5.65. The van der Waals surface area contributed by atoms with Crippen molar-refractivity contribution in [2.24, 2.45) is 0 Å². The third kappa shape index (κ3) is 4.36. The van der Waals surface area contributed by atoms with Crippen molar-refractivity contribution in [2.45, 2.75) is 32.2 Å². The van der Waals surface area contributed by atoms with Gasteiger partial charge in [0.1, 0.15) is 0 Å². The molecule has 0 aromatic carbocycles. The van der Waals surface area contributed by atoms with E-state index in [2.05, 4.69) is 14.8 Å². The Morgan fingerprint density at radius 2 is 2.21 bits per heavy atom. The van der Waals surface area contributed by atoms with Crippen molar-refractivity contribution in [3.63, 3.8) is 0 Å². The topological polar surface area (TPSA) is 70.2 Å². The summed E-state index contributed by atoms with van der Waals surface area (Å²) in [5.41, 5.74) is 0. The lowest BCUT2D eigenvalue weighted by molar-refractivity contribution is 0.541. The lowest BCUT2D eigenvalue weighted by Crippen LogP contribution is -2.43. The van der Waals surface area contributed by atoms with Crippen LogP contribution in [0.3, 0.4) is 0 Å². The zero-order chi connectivity index (χ0) is 10.4. The summed E-state index contributed by atoms with van der Waals surface area (Å²) in [5, 5.41) is 3.23. The van der Waals surface area contributed by atoms with Crippen LogP contribution in [0.4, 0.5) is 0 Å². The fourth-order valence-corrected chi connectivity index (χ4v) is 2.42. The SMILES string of the molecule is CCCNS(=O)(=O)NCC1CCCN1. The Labute approximate surface area is 85.8 Å². The quantitative estimate of drug-likeness (QED) is 0.570. The minimum absolute atomic E-state index is 0.299. The first-order valence-electron chi connectivity index (χ1n) is 5.11. The van der Waals surface area contributed by atoms with Crippen LogP contribution in [-0.2, 0) is 10.2 Å². The summed E-state index contributed by atoms with van der Waals surface area (Å²) in [6.07, 6.45) is 2.99. The summed E-state index contributed by atoms with van der Waals surface area (Å²) in [6.45, 7) is 3.91. The summed E-state index contributed by atoms with van der Waals surface area (Å²) in [4.78, 5) is 0. The zero-order valence-corrected chi connectivity index (χ0v) is 9.36. The average Bonchev–Trinajstić information content (AvgIpc) is 2.64. The van der Waals surface area contributed by atoms with Gasteiger partial charge in [0.05, 0.1) is 0 Å². The molecule has 1 unspecified atom stereocenters. The minimum Gasteiger partial charge on any atom is -0.313 e. The largest absolute Gasteiger partial charge is 0.313 e. The van der Waals surface area contributed by atoms with Crippen LogP contribution in [0.1, 0.15) is 26.2 Å². The first-order chi connectivity index (χ1) is 6.64. The summed E-state index contributed by atoms with van der Waals surface area (Å²) < 4.78 is 27.6. The Hall–Kier alpha value is -0.170. The van der Waals surface area contributed by atoms with Crippen LogP contribution >= 0.6 is 0 Å². The second-order valence-corrected chi connectivity index (χ2v) is 5.12. The third-order valence-electron chi connectivity index (χ3n) is 2.22. The molecule has 1 fully saturated rings. The smallest absolute Gasteiger partial charge is 0.276 e. The van der Waals surface area contributed by atoms with Crippen LogP contribution in [0.2, 0.25) is 0 Å². The molecular formula is C8H19N3O2S. The molecule has 0 aromatic heterocycles. The van der Waals surface area contributed by atoms with Gasteiger partial charge in [0.2, 0.25) is 0 Å². The molecule has 5 nitrogen and oxygen atoms in total. The van der Waals surface area contributed by atoms with Crippen LogP contribution in [-0.4, -0.2) is 34.1 Å². The summed E-state index contributed by atoms with van der Waals surface area (Å²) in [6, 6.07) is 0.299. The molecule has 0 saturated carbocycles. The van der Waals surface area contributed by atoms with E-state index in [1.165, 1.54) is 0 Å².